The van der Waals surface area contributed by atoms with E-state index in [0.717, 1.165) is 22.4 Å². The van der Waals surface area contributed by atoms with E-state index in [4.69, 9.17) is 21.3 Å². The fraction of sp³-hybridized carbons (Fsp3) is 0.105. The molecule has 0 bridgehead atoms. The minimum atomic E-state index is -0.357. The molecule has 0 aliphatic rings. The van der Waals surface area contributed by atoms with Crippen molar-refractivity contribution in [1.29, 1.82) is 0 Å². The summed E-state index contributed by atoms with van der Waals surface area (Å²) in [6.45, 7) is 2.12. The molecular formula is C19H14ClN3O2. The summed E-state index contributed by atoms with van der Waals surface area (Å²) in [7, 11) is 0. The van der Waals surface area contributed by atoms with Gasteiger partial charge in [-0.15, -0.1) is 0 Å². The van der Waals surface area contributed by atoms with Gasteiger partial charge >= 0.3 is 5.97 Å². The van der Waals surface area contributed by atoms with Gasteiger partial charge in [0.2, 0.25) is 0 Å². The number of rotatable bonds is 3. The highest BCUT2D eigenvalue weighted by molar-refractivity contribution is 6.30. The van der Waals surface area contributed by atoms with Crippen LogP contribution in [-0.2, 0) is 4.74 Å². The summed E-state index contributed by atoms with van der Waals surface area (Å²) in [5.74, 6) is -0.357. The molecule has 0 saturated heterocycles. The van der Waals surface area contributed by atoms with Crippen molar-refractivity contribution >= 4 is 34.3 Å². The Morgan fingerprint density at radius 3 is 2.76 bits per heavy atom. The summed E-state index contributed by atoms with van der Waals surface area (Å²) in [6.07, 6.45) is 3.61. The maximum Gasteiger partial charge on any atom is 0.338 e. The third kappa shape index (κ3) is 2.72. The molecule has 0 aliphatic heterocycles. The van der Waals surface area contributed by atoms with Crippen LogP contribution in [0.4, 0.5) is 0 Å². The van der Waals surface area contributed by atoms with Crippen molar-refractivity contribution in [2.45, 2.75) is 6.92 Å². The Hall–Kier alpha value is -2.92. The summed E-state index contributed by atoms with van der Waals surface area (Å²) >= 11 is 5.98. The van der Waals surface area contributed by atoms with Crippen molar-refractivity contribution in [2.24, 2.45) is 0 Å². The zero-order valence-electron chi connectivity index (χ0n) is 13.4. The monoisotopic (exact) mass is 351 g/mol. The highest BCUT2D eigenvalue weighted by Gasteiger charge is 2.14. The van der Waals surface area contributed by atoms with Crippen molar-refractivity contribution in [3.05, 3.63) is 65.4 Å². The van der Waals surface area contributed by atoms with Gasteiger partial charge in [0.15, 0.2) is 5.65 Å². The summed E-state index contributed by atoms with van der Waals surface area (Å²) in [5, 5.41) is 0.661. The Labute approximate surface area is 148 Å². The van der Waals surface area contributed by atoms with Crippen molar-refractivity contribution in [3.8, 4) is 11.3 Å². The summed E-state index contributed by atoms with van der Waals surface area (Å²) in [4.78, 5) is 21.2. The second-order valence-corrected chi connectivity index (χ2v) is 5.95. The quantitative estimate of drug-likeness (QED) is 0.514. The maximum atomic E-state index is 12.0. The van der Waals surface area contributed by atoms with Gasteiger partial charge in [-0.2, -0.15) is 0 Å². The first-order valence-electron chi connectivity index (χ1n) is 7.87. The van der Waals surface area contributed by atoms with Gasteiger partial charge in [-0.05, 0) is 37.3 Å². The number of imidazole rings is 1. The largest absolute Gasteiger partial charge is 0.462 e. The van der Waals surface area contributed by atoms with Gasteiger partial charge in [-0.1, -0.05) is 23.7 Å². The number of nitrogens with zero attached hydrogens (tertiary/aromatic N) is 3. The number of halogens is 1. The van der Waals surface area contributed by atoms with E-state index in [2.05, 4.69) is 4.98 Å². The fourth-order valence-corrected chi connectivity index (χ4v) is 2.93. The first kappa shape index (κ1) is 15.6. The molecule has 0 N–H and O–H groups in total. The molecule has 0 unspecified atom stereocenters. The van der Waals surface area contributed by atoms with Crippen molar-refractivity contribution in [1.82, 2.24) is 14.4 Å². The van der Waals surface area contributed by atoms with E-state index in [-0.39, 0.29) is 5.97 Å². The van der Waals surface area contributed by atoms with Crippen LogP contribution in [0, 0.1) is 0 Å². The molecule has 2 heterocycles. The smallest absolute Gasteiger partial charge is 0.338 e. The van der Waals surface area contributed by atoms with Crippen LogP contribution in [0.1, 0.15) is 17.3 Å². The molecule has 4 rings (SSSR count). The topological polar surface area (TPSA) is 56.5 Å². The lowest BCUT2D eigenvalue weighted by Crippen LogP contribution is -2.05. The molecule has 2 aromatic heterocycles. The summed E-state index contributed by atoms with van der Waals surface area (Å²) in [5.41, 5.74) is 4.43. The number of hydrogen-bond acceptors (Lipinski definition) is 4. The number of ether oxygens (including phenoxy) is 1. The average Bonchev–Trinajstić information content (AvgIpc) is 3.11. The van der Waals surface area contributed by atoms with E-state index in [0.29, 0.717) is 22.7 Å². The number of aromatic nitrogens is 3. The van der Waals surface area contributed by atoms with Gasteiger partial charge in [-0.3, -0.25) is 4.40 Å². The van der Waals surface area contributed by atoms with Crippen LogP contribution in [0.3, 0.4) is 0 Å². The van der Waals surface area contributed by atoms with Crippen LogP contribution < -0.4 is 0 Å². The Morgan fingerprint density at radius 1 is 1.20 bits per heavy atom. The maximum absolute atomic E-state index is 12.0. The lowest BCUT2D eigenvalue weighted by Gasteiger charge is -2.09. The van der Waals surface area contributed by atoms with E-state index in [1.54, 1.807) is 25.3 Å². The number of hydrogen-bond donors (Lipinski definition) is 0. The summed E-state index contributed by atoms with van der Waals surface area (Å²) in [6, 6.07) is 12.8. The van der Waals surface area contributed by atoms with E-state index in [1.165, 1.54) is 0 Å². The zero-order chi connectivity index (χ0) is 17.4. The molecule has 0 radical (unpaired) electrons. The second kappa shape index (κ2) is 6.18. The minimum absolute atomic E-state index is 0.334. The molecule has 0 saturated carbocycles. The van der Waals surface area contributed by atoms with Gasteiger partial charge in [0.05, 0.1) is 23.2 Å². The molecular weight excluding hydrogens is 338 g/mol. The first-order valence-corrected chi connectivity index (χ1v) is 8.25. The van der Waals surface area contributed by atoms with Crippen molar-refractivity contribution in [3.63, 3.8) is 0 Å². The SMILES string of the molecule is CCOC(=O)c1ccc2c(c1)nc(-c1ccc(Cl)cc1)c1nccn12. The Balaban J connectivity index is 1.96. The number of carbonyl (C=O) groups is 1. The molecule has 25 heavy (non-hydrogen) atoms. The van der Waals surface area contributed by atoms with E-state index >= 15 is 0 Å². The molecule has 124 valence electrons. The molecule has 4 aromatic rings. The van der Waals surface area contributed by atoms with Gasteiger partial charge in [-0.25, -0.2) is 14.8 Å². The van der Waals surface area contributed by atoms with Crippen molar-refractivity contribution < 1.29 is 9.53 Å². The Kier molecular flexibility index (Phi) is 3.86. The molecule has 0 amide bonds. The third-order valence-corrected chi connectivity index (χ3v) is 4.20. The van der Waals surface area contributed by atoms with Crippen LogP contribution >= 0.6 is 11.6 Å². The summed E-state index contributed by atoms with van der Waals surface area (Å²) < 4.78 is 7.04. The van der Waals surface area contributed by atoms with Crippen LogP contribution in [-0.4, -0.2) is 26.9 Å². The molecule has 0 atom stereocenters. The van der Waals surface area contributed by atoms with Crippen LogP contribution in [0.25, 0.3) is 27.9 Å². The molecule has 5 nitrogen and oxygen atoms in total. The molecule has 0 aliphatic carbocycles. The average molecular weight is 352 g/mol. The second-order valence-electron chi connectivity index (χ2n) is 5.51. The molecule has 0 fully saturated rings. The Bertz CT molecular complexity index is 1090. The lowest BCUT2D eigenvalue weighted by atomic mass is 10.1. The van der Waals surface area contributed by atoms with Gasteiger partial charge in [0.25, 0.3) is 0 Å². The molecule has 2 aromatic carbocycles. The van der Waals surface area contributed by atoms with Crippen LogP contribution in [0.15, 0.2) is 54.9 Å². The Morgan fingerprint density at radius 2 is 2.00 bits per heavy atom. The van der Waals surface area contributed by atoms with Crippen LogP contribution in [0.2, 0.25) is 5.02 Å². The number of carbonyl (C=O) groups excluding carboxylic acids is 1. The van der Waals surface area contributed by atoms with Crippen molar-refractivity contribution in [2.75, 3.05) is 6.61 Å². The molecule has 6 heteroatoms. The number of benzene rings is 2. The van der Waals surface area contributed by atoms with E-state index in [1.807, 2.05) is 40.9 Å². The number of fused-ring (bicyclic) bond motifs is 3. The lowest BCUT2D eigenvalue weighted by molar-refractivity contribution is 0.0526. The number of esters is 1. The predicted molar refractivity (Wildman–Crippen MR) is 96.9 cm³/mol. The minimum Gasteiger partial charge on any atom is -0.462 e. The first-order chi connectivity index (χ1) is 12.2. The third-order valence-electron chi connectivity index (χ3n) is 3.95. The molecule has 0 spiro atoms. The predicted octanol–water partition coefficient (Wildman–Crippen LogP) is 4.38. The standard InChI is InChI=1S/C19H14ClN3O2/c1-2-25-19(24)13-5-8-16-15(11-13)22-17(18-21-9-10-23(16)18)12-3-6-14(20)7-4-12/h3-11H,2H2,1H3. The van der Waals surface area contributed by atoms with Gasteiger partial charge in [0.1, 0.15) is 5.69 Å². The van der Waals surface area contributed by atoms with Gasteiger partial charge in [0, 0.05) is 23.0 Å². The normalized spacial score (nSPS) is 11.1. The highest BCUT2D eigenvalue weighted by Crippen LogP contribution is 2.27. The van der Waals surface area contributed by atoms with Crippen LogP contribution in [0.5, 0.6) is 0 Å². The van der Waals surface area contributed by atoms with Gasteiger partial charge < -0.3 is 4.74 Å². The zero-order valence-corrected chi connectivity index (χ0v) is 14.2. The van der Waals surface area contributed by atoms with E-state index < -0.39 is 0 Å². The fourth-order valence-electron chi connectivity index (χ4n) is 2.80. The van der Waals surface area contributed by atoms with E-state index in [9.17, 15) is 4.79 Å². The highest BCUT2D eigenvalue weighted by atomic mass is 35.5.